The van der Waals surface area contributed by atoms with E-state index in [9.17, 15) is 4.79 Å². The number of methoxy groups -OCH3 is 1. The molecular formula is C25H22N4O2S. The molecule has 7 heteroatoms. The SMILES string of the molecule is COCCn1c(-c2nc(C(=O)Nc3cc(C)nc4ccccc34)cs2)cc2ccccc21. The molecule has 1 N–H and O–H groups in total. The van der Waals surface area contributed by atoms with E-state index in [0.717, 1.165) is 43.9 Å². The second kappa shape index (κ2) is 8.53. The molecule has 0 bridgehead atoms. The molecule has 1 amide bonds. The summed E-state index contributed by atoms with van der Waals surface area (Å²) >= 11 is 1.47. The predicted octanol–water partition coefficient (Wildman–Crippen LogP) is 5.52. The molecule has 0 aliphatic heterocycles. The molecule has 0 unspecified atom stereocenters. The number of thiazole rings is 1. The largest absolute Gasteiger partial charge is 0.383 e. The summed E-state index contributed by atoms with van der Waals surface area (Å²) in [5.74, 6) is -0.234. The van der Waals surface area contributed by atoms with Crippen molar-refractivity contribution in [2.24, 2.45) is 0 Å². The Balaban J connectivity index is 1.48. The zero-order valence-corrected chi connectivity index (χ0v) is 18.6. The van der Waals surface area contributed by atoms with Crippen LogP contribution in [-0.4, -0.2) is 34.2 Å². The third-order valence-electron chi connectivity index (χ3n) is 5.38. The molecule has 32 heavy (non-hydrogen) atoms. The molecule has 5 aromatic rings. The van der Waals surface area contributed by atoms with Gasteiger partial charge in [-0.1, -0.05) is 36.4 Å². The second-order valence-corrected chi connectivity index (χ2v) is 8.41. The highest BCUT2D eigenvalue weighted by Crippen LogP contribution is 2.31. The number of nitrogens with one attached hydrogen (secondary N) is 1. The Labute approximate surface area is 189 Å². The first-order valence-electron chi connectivity index (χ1n) is 10.3. The summed E-state index contributed by atoms with van der Waals surface area (Å²) in [5, 5.41) is 7.67. The first kappa shape index (κ1) is 20.4. The number of aryl methyl sites for hydroxylation is 1. The number of ether oxygens (including phenoxy) is 1. The van der Waals surface area contributed by atoms with Crippen LogP contribution in [0.5, 0.6) is 0 Å². The monoisotopic (exact) mass is 442 g/mol. The quantitative estimate of drug-likeness (QED) is 0.376. The highest BCUT2D eigenvalue weighted by atomic mass is 32.1. The van der Waals surface area contributed by atoms with Crippen LogP contribution in [-0.2, 0) is 11.3 Å². The van der Waals surface area contributed by atoms with Gasteiger partial charge in [-0.15, -0.1) is 11.3 Å². The Morgan fingerprint density at radius 3 is 2.78 bits per heavy atom. The highest BCUT2D eigenvalue weighted by molar-refractivity contribution is 7.13. The lowest BCUT2D eigenvalue weighted by Crippen LogP contribution is -2.13. The number of nitrogens with zero attached hydrogens (tertiary/aromatic N) is 3. The highest BCUT2D eigenvalue weighted by Gasteiger charge is 2.17. The van der Waals surface area contributed by atoms with Gasteiger partial charge in [0.25, 0.3) is 5.91 Å². The van der Waals surface area contributed by atoms with Crippen LogP contribution in [0.1, 0.15) is 16.2 Å². The molecule has 3 aromatic heterocycles. The minimum atomic E-state index is -0.234. The van der Waals surface area contributed by atoms with Crippen LogP contribution in [0.25, 0.3) is 32.5 Å². The topological polar surface area (TPSA) is 69.0 Å². The fourth-order valence-electron chi connectivity index (χ4n) is 3.90. The van der Waals surface area contributed by atoms with Crippen LogP contribution in [0.4, 0.5) is 5.69 Å². The minimum Gasteiger partial charge on any atom is -0.383 e. The first-order valence-corrected chi connectivity index (χ1v) is 11.2. The Hall–Kier alpha value is -3.55. The van der Waals surface area contributed by atoms with Crippen LogP contribution in [0.2, 0.25) is 0 Å². The maximum Gasteiger partial charge on any atom is 0.275 e. The molecule has 6 nitrogen and oxygen atoms in total. The molecule has 2 aromatic carbocycles. The van der Waals surface area contributed by atoms with Crippen molar-refractivity contribution in [2.75, 3.05) is 19.0 Å². The van der Waals surface area contributed by atoms with Gasteiger partial charge in [0.1, 0.15) is 10.7 Å². The van der Waals surface area contributed by atoms with Crippen LogP contribution in [0.15, 0.2) is 66.0 Å². The second-order valence-electron chi connectivity index (χ2n) is 7.55. The first-order chi connectivity index (χ1) is 15.6. The lowest BCUT2D eigenvalue weighted by Gasteiger charge is -2.09. The van der Waals surface area contributed by atoms with Crippen molar-refractivity contribution in [1.29, 1.82) is 0 Å². The van der Waals surface area contributed by atoms with Crippen molar-refractivity contribution in [3.05, 3.63) is 77.4 Å². The van der Waals surface area contributed by atoms with Crippen molar-refractivity contribution in [3.8, 4) is 10.7 Å². The number of hydrogen-bond donors (Lipinski definition) is 1. The van der Waals surface area contributed by atoms with E-state index in [1.165, 1.54) is 11.3 Å². The third kappa shape index (κ3) is 3.77. The standard InChI is InChI=1S/C25H22N4O2S/c1-16-13-20(18-8-4-5-9-19(18)26-16)27-24(30)21-15-32-25(28-21)23-14-17-7-3-6-10-22(17)29(23)11-12-31-2/h3-10,13-15H,11-12H2,1-2H3,(H,26,27,30). The molecule has 0 aliphatic rings. The Kier molecular flexibility index (Phi) is 5.43. The van der Waals surface area contributed by atoms with Gasteiger partial charge in [-0.3, -0.25) is 9.78 Å². The van der Waals surface area contributed by atoms with E-state index in [1.54, 1.807) is 12.5 Å². The molecule has 0 saturated heterocycles. The number of carbonyl (C=O) groups is 1. The molecule has 0 saturated carbocycles. The molecule has 5 rings (SSSR count). The van der Waals surface area contributed by atoms with E-state index in [1.807, 2.05) is 49.4 Å². The number of pyridine rings is 1. The lowest BCUT2D eigenvalue weighted by molar-refractivity contribution is 0.102. The maximum atomic E-state index is 13.0. The van der Waals surface area contributed by atoms with Crippen molar-refractivity contribution >= 4 is 44.7 Å². The van der Waals surface area contributed by atoms with Gasteiger partial charge >= 0.3 is 0 Å². The van der Waals surface area contributed by atoms with Gasteiger partial charge in [-0.2, -0.15) is 0 Å². The zero-order valence-electron chi connectivity index (χ0n) is 17.8. The Morgan fingerprint density at radius 2 is 1.91 bits per heavy atom. The van der Waals surface area contributed by atoms with Gasteiger partial charge in [0.2, 0.25) is 0 Å². The summed E-state index contributed by atoms with van der Waals surface area (Å²) in [5.41, 5.74) is 4.94. The normalized spacial score (nSPS) is 11.3. The number of benzene rings is 2. The smallest absolute Gasteiger partial charge is 0.275 e. The molecule has 160 valence electrons. The Bertz CT molecular complexity index is 1440. The molecule has 0 fully saturated rings. The maximum absolute atomic E-state index is 13.0. The average molecular weight is 443 g/mol. The lowest BCUT2D eigenvalue weighted by atomic mass is 10.1. The fourth-order valence-corrected chi connectivity index (χ4v) is 4.73. The number of aromatic nitrogens is 3. The van der Waals surface area contributed by atoms with E-state index >= 15 is 0 Å². The number of amides is 1. The van der Waals surface area contributed by atoms with E-state index in [0.29, 0.717) is 18.8 Å². The summed E-state index contributed by atoms with van der Waals surface area (Å²) < 4.78 is 7.50. The van der Waals surface area contributed by atoms with Crippen molar-refractivity contribution in [1.82, 2.24) is 14.5 Å². The molecule has 0 spiro atoms. The van der Waals surface area contributed by atoms with E-state index in [2.05, 4.69) is 38.1 Å². The number of fused-ring (bicyclic) bond motifs is 2. The van der Waals surface area contributed by atoms with Gasteiger partial charge in [-0.25, -0.2) is 4.98 Å². The van der Waals surface area contributed by atoms with Gasteiger partial charge in [-0.05, 0) is 31.2 Å². The molecular weight excluding hydrogens is 420 g/mol. The van der Waals surface area contributed by atoms with E-state index in [-0.39, 0.29) is 5.91 Å². The molecule has 0 aliphatic carbocycles. The Morgan fingerprint density at radius 1 is 1.09 bits per heavy atom. The third-order valence-corrected chi connectivity index (χ3v) is 6.24. The van der Waals surface area contributed by atoms with Gasteiger partial charge in [0.05, 0.1) is 23.5 Å². The number of rotatable bonds is 6. The molecule has 0 radical (unpaired) electrons. The van der Waals surface area contributed by atoms with Crippen molar-refractivity contribution in [2.45, 2.75) is 13.5 Å². The minimum absolute atomic E-state index is 0.234. The number of para-hydroxylation sites is 2. The van der Waals surface area contributed by atoms with Gasteiger partial charge in [0, 0.05) is 41.0 Å². The zero-order chi connectivity index (χ0) is 22.1. The number of hydrogen-bond acceptors (Lipinski definition) is 5. The van der Waals surface area contributed by atoms with E-state index < -0.39 is 0 Å². The molecule has 0 atom stereocenters. The molecule has 3 heterocycles. The average Bonchev–Trinajstić information content (AvgIpc) is 3.42. The summed E-state index contributed by atoms with van der Waals surface area (Å²) in [6, 6.07) is 20.0. The van der Waals surface area contributed by atoms with E-state index in [4.69, 9.17) is 4.74 Å². The summed E-state index contributed by atoms with van der Waals surface area (Å²) in [6.07, 6.45) is 0. The summed E-state index contributed by atoms with van der Waals surface area (Å²) in [6.45, 7) is 3.23. The number of anilines is 1. The predicted molar refractivity (Wildman–Crippen MR) is 129 cm³/mol. The van der Waals surface area contributed by atoms with Crippen molar-refractivity contribution < 1.29 is 9.53 Å². The van der Waals surface area contributed by atoms with Gasteiger partial charge in [0.15, 0.2) is 0 Å². The number of carbonyl (C=O) groups excluding carboxylic acids is 1. The summed E-state index contributed by atoms with van der Waals surface area (Å²) in [7, 11) is 1.70. The van der Waals surface area contributed by atoms with Gasteiger partial charge < -0.3 is 14.6 Å². The van der Waals surface area contributed by atoms with Crippen LogP contribution >= 0.6 is 11.3 Å². The van der Waals surface area contributed by atoms with Crippen LogP contribution in [0, 0.1) is 6.92 Å². The van der Waals surface area contributed by atoms with Crippen molar-refractivity contribution in [3.63, 3.8) is 0 Å². The fraction of sp³-hybridized carbons (Fsp3) is 0.160. The summed E-state index contributed by atoms with van der Waals surface area (Å²) in [4.78, 5) is 22.2. The van der Waals surface area contributed by atoms with Crippen LogP contribution < -0.4 is 5.32 Å². The van der Waals surface area contributed by atoms with Crippen LogP contribution in [0.3, 0.4) is 0 Å².